The lowest BCUT2D eigenvalue weighted by molar-refractivity contribution is -0.122. The predicted octanol–water partition coefficient (Wildman–Crippen LogP) is 4.27. The molecule has 1 atom stereocenters. The molecule has 2 aromatic carbocycles. The number of hydrogen-bond donors (Lipinski definition) is 1. The van der Waals surface area contributed by atoms with Crippen LogP contribution < -0.4 is 10.1 Å². The standard InChI is InChI=1S/C23H28N2O3/c1-16-8-10-19(11-9-16)28-18(3)22(26)24-21-7-5-4-6-20(21)23(27)25-14-12-17(2)13-15-25/h4-11,17-18H,12-15H2,1-3H3,(H,24,26). The van der Waals surface area contributed by atoms with Gasteiger partial charge in [0.05, 0.1) is 11.3 Å². The van der Waals surface area contributed by atoms with Gasteiger partial charge in [-0.2, -0.15) is 0 Å². The van der Waals surface area contributed by atoms with E-state index in [1.807, 2.05) is 48.2 Å². The maximum Gasteiger partial charge on any atom is 0.265 e. The highest BCUT2D eigenvalue weighted by molar-refractivity contribution is 6.04. The molecule has 1 unspecified atom stereocenters. The molecule has 5 heteroatoms. The van der Waals surface area contributed by atoms with Crippen molar-refractivity contribution >= 4 is 17.5 Å². The van der Waals surface area contributed by atoms with E-state index < -0.39 is 6.10 Å². The summed E-state index contributed by atoms with van der Waals surface area (Å²) in [6.07, 6.45) is 1.35. The fourth-order valence-electron chi connectivity index (χ4n) is 3.27. The Morgan fingerprint density at radius 2 is 1.71 bits per heavy atom. The molecule has 3 rings (SSSR count). The summed E-state index contributed by atoms with van der Waals surface area (Å²) in [5.41, 5.74) is 2.17. The zero-order valence-corrected chi connectivity index (χ0v) is 16.8. The fraction of sp³-hybridized carbons (Fsp3) is 0.391. The molecule has 2 amide bonds. The molecule has 148 valence electrons. The number of amides is 2. The van der Waals surface area contributed by atoms with Crippen LogP contribution in [0.15, 0.2) is 48.5 Å². The summed E-state index contributed by atoms with van der Waals surface area (Å²) in [5, 5.41) is 2.86. The summed E-state index contributed by atoms with van der Waals surface area (Å²) in [5.74, 6) is 0.974. The van der Waals surface area contributed by atoms with E-state index in [1.165, 1.54) is 0 Å². The molecule has 0 aromatic heterocycles. The SMILES string of the molecule is Cc1ccc(OC(C)C(=O)Nc2ccccc2C(=O)N2CCC(C)CC2)cc1. The first-order valence-corrected chi connectivity index (χ1v) is 9.86. The highest BCUT2D eigenvalue weighted by atomic mass is 16.5. The minimum absolute atomic E-state index is 0.0325. The lowest BCUT2D eigenvalue weighted by Gasteiger charge is -2.31. The number of aryl methyl sites for hydroxylation is 1. The third-order valence-electron chi connectivity index (χ3n) is 5.19. The lowest BCUT2D eigenvalue weighted by Crippen LogP contribution is -2.38. The second-order valence-electron chi connectivity index (χ2n) is 7.58. The van der Waals surface area contributed by atoms with Crippen molar-refractivity contribution in [2.75, 3.05) is 18.4 Å². The van der Waals surface area contributed by atoms with Crippen molar-refractivity contribution < 1.29 is 14.3 Å². The van der Waals surface area contributed by atoms with E-state index in [9.17, 15) is 9.59 Å². The Labute approximate surface area is 166 Å². The van der Waals surface area contributed by atoms with Crippen LogP contribution in [0.2, 0.25) is 0 Å². The summed E-state index contributed by atoms with van der Waals surface area (Å²) >= 11 is 0. The van der Waals surface area contributed by atoms with Gasteiger partial charge in [-0.15, -0.1) is 0 Å². The van der Waals surface area contributed by atoms with Crippen LogP contribution in [0.5, 0.6) is 5.75 Å². The molecule has 0 spiro atoms. The van der Waals surface area contributed by atoms with E-state index in [-0.39, 0.29) is 11.8 Å². The van der Waals surface area contributed by atoms with Crippen molar-refractivity contribution in [2.45, 2.75) is 39.7 Å². The van der Waals surface area contributed by atoms with Gasteiger partial charge in [0.25, 0.3) is 11.8 Å². The van der Waals surface area contributed by atoms with E-state index >= 15 is 0 Å². The second-order valence-corrected chi connectivity index (χ2v) is 7.58. The molecule has 1 fully saturated rings. The number of nitrogens with zero attached hydrogens (tertiary/aromatic N) is 1. The monoisotopic (exact) mass is 380 g/mol. The molecule has 5 nitrogen and oxygen atoms in total. The molecule has 1 saturated heterocycles. The molecular formula is C23H28N2O3. The number of rotatable bonds is 5. The van der Waals surface area contributed by atoms with Gasteiger partial charge in [-0.05, 0) is 56.9 Å². The van der Waals surface area contributed by atoms with E-state index in [4.69, 9.17) is 4.74 Å². The van der Waals surface area contributed by atoms with Gasteiger partial charge in [0, 0.05) is 13.1 Å². The predicted molar refractivity (Wildman–Crippen MR) is 111 cm³/mol. The number of anilines is 1. The van der Waals surface area contributed by atoms with Gasteiger partial charge < -0.3 is 15.0 Å². The number of hydrogen-bond acceptors (Lipinski definition) is 3. The zero-order chi connectivity index (χ0) is 20.1. The number of para-hydroxylation sites is 1. The van der Waals surface area contributed by atoms with Gasteiger partial charge in [0.2, 0.25) is 0 Å². The van der Waals surface area contributed by atoms with Crippen LogP contribution >= 0.6 is 0 Å². The van der Waals surface area contributed by atoms with E-state index in [2.05, 4.69) is 12.2 Å². The smallest absolute Gasteiger partial charge is 0.265 e. The largest absolute Gasteiger partial charge is 0.481 e. The highest BCUT2D eigenvalue weighted by Crippen LogP contribution is 2.22. The maximum absolute atomic E-state index is 12.9. The third kappa shape index (κ3) is 4.91. The molecule has 1 N–H and O–H groups in total. The van der Waals surface area contributed by atoms with E-state index in [1.54, 1.807) is 19.1 Å². The van der Waals surface area contributed by atoms with Crippen molar-refractivity contribution in [1.82, 2.24) is 4.90 Å². The highest BCUT2D eigenvalue weighted by Gasteiger charge is 2.24. The van der Waals surface area contributed by atoms with Crippen molar-refractivity contribution in [3.63, 3.8) is 0 Å². The number of piperidine rings is 1. The minimum Gasteiger partial charge on any atom is -0.481 e. The summed E-state index contributed by atoms with van der Waals surface area (Å²) < 4.78 is 5.72. The topological polar surface area (TPSA) is 58.6 Å². The van der Waals surface area contributed by atoms with Crippen LogP contribution in [-0.2, 0) is 4.79 Å². The molecular weight excluding hydrogens is 352 g/mol. The number of ether oxygens (including phenoxy) is 1. The van der Waals surface area contributed by atoms with Crippen LogP contribution in [-0.4, -0.2) is 35.9 Å². The number of carbonyl (C=O) groups is 2. The Kier molecular flexibility index (Phi) is 6.34. The Morgan fingerprint density at radius 3 is 2.39 bits per heavy atom. The average molecular weight is 380 g/mol. The molecule has 0 bridgehead atoms. The van der Waals surface area contributed by atoms with Gasteiger partial charge >= 0.3 is 0 Å². The summed E-state index contributed by atoms with van der Waals surface area (Å²) in [4.78, 5) is 27.4. The van der Waals surface area contributed by atoms with Crippen LogP contribution in [0.4, 0.5) is 5.69 Å². The van der Waals surface area contributed by atoms with Gasteiger partial charge in [-0.25, -0.2) is 0 Å². The van der Waals surface area contributed by atoms with Crippen LogP contribution in [0.1, 0.15) is 42.6 Å². The quantitative estimate of drug-likeness (QED) is 0.843. The van der Waals surface area contributed by atoms with Crippen LogP contribution in [0, 0.1) is 12.8 Å². The molecule has 1 aliphatic rings. The molecule has 28 heavy (non-hydrogen) atoms. The minimum atomic E-state index is -0.679. The van der Waals surface area contributed by atoms with Crippen LogP contribution in [0.25, 0.3) is 0 Å². The second kappa shape index (κ2) is 8.91. The average Bonchev–Trinajstić information content (AvgIpc) is 2.70. The number of likely N-dealkylation sites (tertiary alicyclic amines) is 1. The van der Waals surface area contributed by atoms with Crippen molar-refractivity contribution in [3.8, 4) is 5.75 Å². The number of benzene rings is 2. The van der Waals surface area contributed by atoms with Gasteiger partial charge in [0.1, 0.15) is 5.75 Å². The van der Waals surface area contributed by atoms with E-state index in [0.29, 0.717) is 22.9 Å². The van der Waals surface area contributed by atoms with Crippen LogP contribution in [0.3, 0.4) is 0 Å². The third-order valence-corrected chi connectivity index (χ3v) is 5.19. The van der Waals surface area contributed by atoms with Crippen molar-refractivity contribution in [2.24, 2.45) is 5.92 Å². The lowest BCUT2D eigenvalue weighted by atomic mass is 9.98. The van der Waals surface area contributed by atoms with E-state index in [0.717, 1.165) is 31.5 Å². The van der Waals surface area contributed by atoms with Crippen molar-refractivity contribution in [1.29, 1.82) is 0 Å². The first-order chi connectivity index (χ1) is 13.4. The normalized spacial score (nSPS) is 15.8. The summed E-state index contributed by atoms with van der Waals surface area (Å²) in [7, 11) is 0. The molecule has 0 radical (unpaired) electrons. The Balaban J connectivity index is 1.67. The molecule has 0 saturated carbocycles. The number of carbonyl (C=O) groups excluding carboxylic acids is 2. The molecule has 2 aromatic rings. The Bertz CT molecular complexity index is 824. The van der Waals surface area contributed by atoms with Gasteiger partial charge in [-0.1, -0.05) is 36.8 Å². The summed E-state index contributed by atoms with van der Waals surface area (Å²) in [6, 6.07) is 14.7. The Morgan fingerprint density at radius 1 is 1.07 bits per heavy atom. The first-order valence-electron chi connectivity index (χ1n) is 9.86. The first kappa shape index (κ1) is 19.9. The van der Waals surface area contributed by atoms with Gasteiger partial charge in [-0.3, -0.25) is 9.59 Å². The fourth-order valence-corrected chi connectivity index (χ4v) is 3.27. The number of nitrogens with one attached hydrogen (secondary N) is 1. The van der Waals surface area contributed by atoms with Gasteiger partial charge in [0.15, 0.2) is 6.10 Å². The molecule has 0 aliphatic carbocycles. The molecule has 1 aliphatic heterocycles. The zero-order valence-electron chi connectivity index (χ0n) is 16.8. The maximum atomic E-state index is 12.9. The Hall–Kier alpha value is -2.82. The molecule has 1 heterocycles. The summed E-state index contributed by atoms with van der Waals surface area (Å²) in [6.45, 7) is 7.43. The van der Waals surface area contributed by atoms with Crippen molar-refractivity contribution in [3.05, 3.63) is 59.7 Å².